The van der Waals surface area contributed by atoms with Crippen LogP contribution in [0.15, 0.2) is 75.4 Å². The van der Waals surface area contributed by atoms with Gasteiger partial charge in [-0.25, -0.2) is 13.1 Å². The Hall–Kier alpha value is -2.20. The number of carbonyl (C=O) groups excluding carboxylic acids is 1. The molecule has 9 heteroatoms. The molecule has 0 fully saturated rings. The number of hydrogen-bond donors (Lipinski definition) is 2. The highest BCUT2D eigenvalue weighted by molar-refractivity contribution is 9.10. The molecule has 1 atom stereocenters. The molecule has 0 bridgehead atoms. The van der Waals surface area contributed by atoms with E-state index in [1.54, 1.807) is 19.2 Å². The molecule has 158 valence electrons. The Balaban J connectivity index is 1.68. The standard InChI is InChI=1S/C21H21BrN2O4S2/c1-28-17-8-4-15(5-9-17)14-23-21(25)13-19(20-3-2-12-29-20)24-30(26,27)18-10-6-16(22)7-11-18/h2-12,19,24H,13-14H2,1H3,(H,23,25)/t19-/m1/s1. The van der Waals surface area contributed by atoms with Gasteiger partial charge < -0.3 is 10.1 Å². The van der Waals surface area contributed by atoms with Gasteiger partial charge in [0.15, 0.2) is 0 Å². The quantitative estimate of drug-likeness (QED) is 0.452. The van der Waals surface area contributed by atoms with Gasteiger partial charge in [0.25, 0.3) is 0 Å². The lowest BCUT2D eigenvalue weighted by Gasteiger charge is -2.18. The highest BCUT2D eigenvalue weighted by Crippen LogP contribution is 2.25. The molecule has 1 heterocycles. The van der Waals surface area contributed by atoms with Crippen molar-refractivity contribution in [1.29, 1.82) is 0 Å². The van der Waals surface area contributed by atoms with E-state index in [9.17, 15) is 13.2 Å². The van der Waals surface area contributed by atoms with Gasteiger partial charge >= 0.3 is 0 Å². The monoisotopic (exact) mass is 508 g/mol. The van der Waals surface area contributed by atoms with Gasteiger partial charge in [-0.2, -0.15) is 0 Å². The van der Waals surface area contributed by atoms with E-state index in [4.69, 9.17) is 4.74 Å². The second-order valence-electron chi connectivity index (χ2n) is 6.47. The van der Waals surface area contributed by atoms with Crippen molar-refractivity contribution in [3.8, 4) is 5.75 Å². The first kappa shape index (κ1) is 22.5. The zero-order chi connectivity index (χ0) is 21.6. The zero-order valence-electron chi connectivity index (χ0n) is 16.2. The van der Waals surface area contributed by atoms with Crippen molar-refractivity contribution in [2.45, 2.75) is 23.9 Å². The molecule has 0 saturated carbocycles. The van der Waals surface area contributed by atoms with Gasteiger partial charge in [0.2, 0.25) is 15.9 Å². The molecular weight excluding hydrogens is 488 g/mol. The number of methoxy groups -OCH3 is 1. The number of benzene rings is 2. The highest BCUT2D eigenvalue weighted by Gasteiger charge is 2.24. The highest BCUT2D eigenvalue weighted by atomic mass is 79.9. The maximum absolute atomic E-state index is 12.8. The van der Waals surface area contributed by atoms with E-state index in [0.717, 1.165) is 20.7 Å². The molecule has 0 spiro atoms. The van der Waals surface area contributed by atoms with Crippen LogP contribution in [0.2, 0.25) is 0 Å². The van der Waals surface area contributed by atoms with Gasteiger partial charge in [0, 0.05) is 22.3 Å². The van der Waals surface area contributed by atoms with Crippen LogP contribution in [0.4, 0.5) is 0 Å². The molecule has 0 unspecified atom stereocenters. The van der Waals surface area contributed by atoms with E-state index < -0.39 is 16.1 Å². The molecule has 2 N–H and O–H groups in total. The van der Waals surface area contributed by atoms with Crippen LogP contribution >= 0.6 is 27.3 Å². The molecule has 0 radical (unpaired) electrons. The fourth-order valence-corrected chi connectivity index (χ4v) is 5.09. The summed E-state index contributed by atoms with van der Waals surface area (Å²) in [4.78, 5) is 13.5. The minimum Gasteiger partial charge on any atom is -0.497 e. The third kappa shape index (κ3) is 6.15. The number of thiophene rings is 1. The summed E-state index contributed by atoms with van der Waals surface area (Å²) in [5, 5.41) is 4.70. The van der Waals surface area contributed by atoms with E-state index in [0.29, 0.717) is 6.54 Å². The van der Waals surface area contributed by atoms with Gasteiger partial charge in [-0.1, -0.05) is 34.1 Å². The number of hydrogen-bond acceptors (Lipinski definition) is 5. The average Bonchev–Trinajstić information content (AvgIpc) is 3.27. The predicted octanol–water partition coefficient (Wildman–Crippen LogP) is 4.25. The lowest BCUT2D eigenvalue weighted by atomic mass is 10.1. The van der Waals surface area contributed by atoms with Gasteiger partial charge in [0.1, 0.15) is 5.75 Å². The molecule has 0 saturated heterocycles. The van der Waals surface area contributed by atoms with E-state index in [1.807, 2.05) is 41.8 Å². The van der Waals surface area contributed by atoms with Crippen LogP contribution in [0.25, 0.3) is 0 Å². The number of rotatable bonds is 9. The number of sulfonamides is 1. The maximum atomic E-state index is 12.8. The molecule has 6 nitrogen and oxygen atoms in total. The van der Waals surface area contributed by atoms with Gasteiger partial charge in [-0.3, -0.25) is 4.79 Å². The fraction of sp³-hybridized carbons (Fsp3) is 0.190. The number of carbonyl (C=O) groups is 1. The molecule has 3 rings (SSSR count). The number of nitrogens with one attached hydrogen (secondary N) is 2. The van der Waals surface area contributed by atoms with Gasteiger partial charge in [-0.15, -0.1) is 11.3 Å². The van der Waals surface area contributed by atoms with Crippen LogP contribution in [0.3, 0.4) is 0 Å². The summed E-state index contributed by atoms with van der Waals surface area (Å²) in [6.45, 7) is 0.347. The summed E-state index contributed by atoms with van der Waals surface area (Å²) < 4.78 is 34.2. The lowest BCUT2D eigenvalue weighted by Crippen LogP contribution is -2.33. The van der Waals surface area contributed by atoms with Crippen LogP contribution in [0.1, 0.15) is 22.9 Å². The van der Waals surface area contributed by atoms with Crippen molar-refractivity contribution in [3.63, 3.8) is 0 Å². The Kier molecular flexibility index (Phi) is 7.65. The summed E-state index contributed by atoms with van der Waals surface area (Å²) in [5.41, 5.74) is 0.923. The summed E-state index contributed by atoms with van der Waals surface area (Å²) >= 11 is 4.70. The van der Waals surface area contributed by atoms with Crippen LogP contribution in [-0.4, -0.2) is 21.4 Å². The van der Waals surface area contributed by atoms with Crippen molar-refractivity contribution in [1.82, 2.24) is 10.0 Å². The first-order valence-corrected chi connectivity index (χ1v) is 12.2. The molecule has 3 aromatic rings. The van der Waals surface area contributed by atoms with Crippen LogP contribution < -0.4 is 14.8 Å². The number of halogens is 1. The van der Waals surface area contributed by atoms with Crippen molar-refractivity contribution in [2.75, 3.05) is 7.11 Å². The Morgan fingerprint density at radius 1 is 1.10 bits per heavy atom. The fourth-order valence-electron chi connectivity index (χ4n) is 2.76. The molecule has 1 aromatic heterocycles. The lowest BCUT2D eigenvalue weighted by molar-refractivity contribution is -0.121. The molecule has 0 aliphatic heterocycles. The van der Waals surface area contributed by atoms with Crippen molar-refractivity contribution >= 4 is 43.2 Å². The second kappa shape index (κ2) is 10.2. The van der Waals surface area contributed by atoms with E-state index in [-0.39, 0.29) is 17.2 Å². The largest absolute Gasteiger partial charge is 0.497 e. The number of amides is 1. The van der Waals surface area contributed by atoms with Crippen LogP contribution in [0.5, 0.6) is 5.75 Å². The summed E-state index contributed by atoms with van der Waals surface area (Å²) in [6, 6.07) is 16.7. The van der Waals surface area contributed by atoms with Crippen LogP contribution in [-0.2, 0) is 21.4 Å². The molecule has 30 heavy (non-hydrogen) atoms. The summed E-state index contributed by atoms with van der Waals surface area (Å²) in [5.74, 6) is 0.493. The zero-order valence-corrected chi connectivity index (χ0v) is 19.4. The Morgan fingerprint density at radius 2 is 1.80 bits per heavy atom. The van der Waals surface area contributed by atoms with Gasteiger partial charge in [0.05, 0.1) is 18.0 Å². The minimum absolute atomic E-state index is 0.00751. The van der Waals surface area contributed by atoms with Crippen molar-refractivity contribution < 1.29 is 17.9 Å². The SMILES string of the molecule is COc1ccc(CNC(=O)C[C@@H](NS(=O)(=O)c2ccc(Br)cc2)c2cccs2)cc1. The summed E-state index contributed by atoms with van der Waals surface area (Å²) in [6.07, 6.45) is -0.00751. The average molecular weight is 509 g/mol. The van der Waals surface area contributed by atoms with Crippen molar-refractivity contribution in [2.24, 2.45) is 0 Å². The Morgan fingerprint density at radius 3 is 2.40 bits per heavy atom. The smallest absolute Gasteiger partial charge is 0.241 e. The first-order valence-electron chi connectivity index (χ1n) is 9.08. The van der Waals surface area contributed by atoms with Crippen molar-refractivity contribution in [3.05, 3.63) is 81.0 Å². The summed E-state index contributed by atoms with van der Waals surface area (Å²) in [7, 11) is -2.19. The predicted molar refractivity (Wildman–Crippen MR) is 121 cm³/mol. The topological polar surface area (TPSA) is 84.5 Å². The maximum Gasteiger partial charge on any atom is 0.241 e. The Labute approximate surface area is 188 Å². The third-order valence-corrected chi connectivity index (χ3v) is 7.35. The Bertz CT molecular complexity index is 1070. The second-order valence-corrected chi connectivity index (χ2v) is 10.1. The molecule has 2 aromatic carbocycles. The third-order valence-electron chi connectivity index (χ3n) is 4.35. The molecular formula is C21H21BrN2O4S2. The number of ether oxygens (including phenoxy) is 1. The van der Waals surface area contributed by atoms with Gasteiger partial charge in [-0.05, 0) is 53.4 Å². The molecule has 1 amide bonds. The normalized spacial score (nSPS) is 12.3. The molecule has 0 aliphatic carbocycles. The van der Waals surface area contributed by atoms with E-state index in [2.05, 4.69) is 26.0 Å². The van der Waals surface area contributed by atoms with E-state index in [1.165, 1.54) is 23.5 Å². The first-order chi connectivity index (χ1) is 14.4. The molecule has 0 aliphatic rings. The minimum atomic E-state index is -3.78. The van der Waals surface area contributed by atoms with Crippen LogP contribution in [0, 0.1) is 0 Å². The van der Waals surface area contributed by atoms with E-state index >= 15 is 0 Å².